The Morgan fingerprint density at radius 3 is 2.46 bits per heavy atom. The molecule has 2 rings (SSSR count). The summed E-state index contributed by atoms with van der Waals surface area (Å²) in [4.78, 5) is 9.84. The second-order valence-electron chi connectivity index (χ2n) is 7.81. The van der Waals surface area contributed by atoms with Crippen molar-refractivity contribution < 1.29 is 4.74 Å². The number of guanidine groups is 1. The van der Waals surface area contributed by atoms with E-state index in [-0.39, 0.29) is 0 Å². The fourth-order valence-corrected chi connectivity index (χ4v) is 4.23. The third-order valence-electron chi connectivity index (χ3n) is 5.84. The van der Waals surface area contributed by atoms with E-state index in [0.717, 1.165) is 57.8 Å². The van der Waals surface area contributed by atoms with Crippen molar-refractivity contribution in [3.8, 4) is 0 Å². The molecule has 1 saturated heterocycles. The molecule has 1 saturated carbocycles. The van der Waals surface area contributed by atoms with E-state index in [9.17, 15) is 0 Å². The van der Waals surface area contributed by atoms with Crippen LogP contribution < -0.4 is 5.32 Å². The number of rotatable bonds is 9. The predicted molar refractivity (Wildman–Crippen MR) is 111 cm³/mol. The van der Waals surface area contributed by atoms with Crippen LogP contribution in [0.4, 0.5) is 0 Å². The molecule has 1 unspecified atom stereocenters. The molecule has 26 heavy (non-hydrogen) atoms. The Balaban J connectivity index is 1.75. The molecular weight excluding hydrogens is 324 g/mol. The highest BCUT2D eigenvalue weighted by molar-refractivity contribution is 5.80. The van der Waals surface area contributed by atoms with Crippen LogP contribution in [0.3, 0.4) is 0 Å². The van der Waals surface area contributed by atoms with Crippen molar-refractivity contribution in [1.82, 2.24) is 15.1 Å². The van der Waals surface area contributed by atoms with Gasteiger partial charge in [-0.25, -0.2) is 0 Å². The number of aliphatic imine (C=N–C) groups is 1. The Bertz CT molecular complexity index is 389. The van der Waals surface area contributed by atoms with Crippen LogP contribution in [0.2, 0.25) is 0 Å². The van der Waals surface area contributed by atoms with Gasteiger partial charge in [-0.2, -0.15) is 0 Å². The van der Waals surface area contributed by atoms with Crippen LogP contribution in [0.25, 0.3) is 0 Å². The summed E-state index contributed by atoms with van der Waals surface area (Å²) in [5, 5.41) is 3.48. The summed E-state index contributed by atoms with van der Waals surface area (Å²) in [6.07, 6.45) is 9.65. The molecule has 5 nitrogen and oxygen atoms in total. The fourth-order valence-electron chi connectivity index (χ4n) is 4.23. The van der Waals surface area contributed by atoms with Crippen LogP contribution in [0, 0.1) is 5.92 Å². The number of nitrogens with one attached hydrogen (secondary N) is 1. The number of nitrogens with zero attached hydrogens (tertiary/aromatic N) is 3. The summed E-state index contributed by atoms with van der Waals surface area (Å²) in [7, 11) is 0. The van der Waals surface area contributed by atoms with Crippen LogP contribution >= 0.6 is 0 Å². The standard InChI is InChI=1S/C21H42N4O/c1-4-22-21(23-14-16-26-20-11-9-7-8-10-12-20)25-15-13-19(18-25)17-24(5-2)6-3/h19-20H,4-18H2,1-3H3,(H,22,23). The molecular formula is C21H42N4O. The zero-order valence-electron chi connectivity index (χ0n) is 17.5. The second-order valence-corrected chi connectivity index (χ2v) is 7.81. The molecule has 0 aromatic heterocycles. The summed E-state index contributed by atoms with van der Waals surface area (Å²) in [5.74, 6) is 1.85. The molecule has 0 bridgehead atoms. The van der Waals surface area contributed by atoms with Gasteiger partial charge in [0.25, 0.3) is 0 Å². The highest BCUT2D eigenvalue weighted by Crippen LogP contribution is 2.20. The van der Waals surface area contributed by atoms with E-state index in [2.05, 4.69) is 35.9 Å². The van der Waals surface area contributed by atoms with Gasteiger partial charge in [0.15, 0.2) is 5.96 Å². The molecule has 2 aliphatic rings. The molecule has 0 aromatic carbocycles. The lowest BCUT2D eigenvalue weighted by molar-refractivity contribution is 0.0486. The lowest BCUT2D eigenvalue weighted by Crippen LogP contribution is -2.41. The minimum Gasteiger partial charge on any atom is -0.376 e. The van der Waals surface area contributed by atoms with Gasteiger partial charge in [-0.1, -0.05) is 39.5 Å². The monoisotopic (exact) mass is 366 g/mol. The molecule has 0 radical (unpaired) electrons. The van der Waals surface area contributed by atoms with Crippen LogP contribution in [0.5, 0.6) is 0 Å². The smallest absolute Gasteiger partial charge is 0.194 e. The Labute approximate surface area is 161 Å². The quantitative estimate of drug-likeness (QED) is 0.294. The van der Waals surface area contributed by atoms with Crippen molar-refractivity contribution in [2.45, 2.75) is 71.8 Å². The number of hydrogen-bond acceptors (Lipinski definition) is 3. The SMILES string of the molecule is CCNC(=NCCOC1CCCCCC1)N1CCC(CN(CC)CC)C1. The molecule has 1 N–H and O–H groups in total. The van der Waals surface area contributed by atoms with E-state index in [1.54, 1.807) is 0 Å². The Morgan fingerprint density at radius 2 is 1.81 bits per heavy atom. The van der Waals surface area contributed by atoms with Gasteiger partial charge in [-0.3, -0.25) is 4.99 Å². The lowest BCUT2D eigenvalue weighted by atomic mass is 10.1. The summed E-state index contributed by atoms with van der Waals surface area (Å²) in [6.45, 7) is 14.9. The van der Waals surface area contributed by atoms with Gasteiger partial charge in [0.05, 0.1) is 19.3 Å². The highest BCUT2D eigenvalue weighted by Gasteiger charge is 2.25. The molecule has 0 aromatic rings. The Morgan fingerprint density at radius 1 is 1.08 bits per heavy atom. The molecule has 5 heteroatoms. The summed E-state index contributed by atoms with van der Waals surface area (Å²) in [6, 6.07) is 0. The maximum atomic E-state index is 6.10. The molecule has 1 heterocycles. The van der Waals surface area contributed by atoms with E-state index in [1.807, 2.05) is 0 Å². The first kappa shape index (κ1) is 21.5. The molecule has 1 aliphatic heterocycles. The first-order valence-electron chi connectivity index (χ1n) is 11.1. The normalized spacial score (nSPS) is 22.8. The number of hydrogen-bond donors (Lipinski definition) is 1. The van der Waals surface area contributed by atoms with E-state index < -0.39 is 0 Å². The van der Waals surface area contributed by atoms with Crippen molar-refractivity contribution >= 4 is 5.96 Å². The maximum Gasteiger partial charge on any atom is 0.194 e. The van der Waals surface area contributed by atoms with E-state index >= 15 is 0 Å². The topological polar surface area (TPSA) is 40.1 Å². The molecule has 0 spiro atoms. The highest BCUT2D eigenvalue weighted by atomic mass is 16.5. The van der Waals surface area contributed by atoms with Crippen LogP contribution in [-0.2, 0) is 4.74 Å². The second kappa shape index (κ2) is 12.6. The van der Waals surface area contributed by atoms with Crippen molar-refractivity contribution in [3.63, 3.8) is 0 Å². The van der Waals surface area contributed by atoms with Gasteiger partial charge in [0, 0.05) is 26.2 Å². The van der Waals surface area contributed by atoms with Crippen LogP contribution in [-0.4, -0.2) is 74.3 Å². The van der Waals surface area contributed by atoms with Gasteiger partial charge in [0.1, 0.15) is 0 Å². The summed E-state index contributed by atoms with van der Waals surface area (Å²) >= 11 is 0. The lowest BCUT2D eigenvalue weighted by Gasteiger charge is -2.24. The first-order valence-corrected chi connectivity index (χ1v) is 11.1. The molecule has 0 amide bonds. The molecule has 152 valence electrons. The number of likely N-dealkylation sites (tertiary alicyclic amines) is 1. The summed E-state index contributed by atoms with van der Waals surface area (Å²) in [5.41, 5.74) is 0. The summed E-state index contributed by atoms with van der Waals surface area (Å²) < 4.78 is 6.10. The average Bonchev–Trinajstić information content (AvgIpc) is 2.96. The molecule has 1 aliphatic carbocycles. The average molecular weight is 367 g/mol. The zero-order chi connectivity index (χ0) is 18.6. The van der Waals surface area contributed by atoms with Gasteiger partial charge in [-0.05, 0) is 45.2 Å². The van der Waals surface area contributed by atoms with Gasteiger partial charge < -0.3 is 19.9 Å². The minimum absolute atomic E-state index is 0.473. The third kappa shape index (κ3) is 7.43. The van der Waals surface area contributed by atoms with Crippen LogP contribution in [0.15, 0.2) is 4.99 Å². The van der Waals surface area contributed by atoms with E-state index in [0.29, 0.717) is 6.10 Å². The van der Waals surface area contributed by atoms with E-state index in [4.69, 9.17) is 9.73 Å². The number of ether oxygens (including phenoxy) is 1. The van der Waals surface area contributed by atoms with Crippen molar-refractivity contribution in [2.24, 2.45) is 10.9 Å². The fraction of sp³-hybridized carbons (Fsp3) is 0.952. The van der Waals surface area contributed by atoms with Crippen molar-refractivity contribution in [3.05, 3.63) is 0 Å². The predicted octanol–water partition coefficient (Wildman–Crippen LogP) is 3.36. The molecule has 2 fully saturated rings. The minimum atomic E-state index is 0.473. The van der Waals surface area contributed by atoms with E-state index in [1.165, 1.54) is 51.5 Å². The Hall–Kier alpha value is -0.810. The maximum absolute atomic E-state index is 6.10. The van der Waals surface area contributed by atoms with Crippen molar-refractivity contribution in [2.75, 3.05) is 52.4 Å². The largest absolute Gasteiger partial charge is 0.376 e. The van der Waals surface area contributed by atoms with Gasteiger partial charge in [-0.15, -0.1) is 0 Å². The van der Waals surface area contributed by atoms with Gasteiger partial charge in [0.2, 0.25) is 0 Å². The van der Waals surface area contributed by atoms with Crippen molar-refractivity contribution in [1.29, 1.82) is 0 Å². The Kier molecular flexibility index (Phi) is 10.4. The molecule has 1 atom stereocenters. The first-order chi connectivity index (χ1) is 12.8. The van der Waals surface area contributed by atoms with Gasteiger partial charge >= 0.3 is 0 Å². The third-order valence-corrected chi connectivity index (χ3v) is 5.84. The van der Waals surface area contributed by atoms with Crippen LogP contribution in [0.1, 0.15) is 65.7 Å². The zero-order valence-corrected chi connectivity index (χ0v) is 17.5.